The molecular weight excluding hydrogens is 392 g/mol. The van der Waals surface area contributed by atoms with Gasteiger partial charge in [-0.3, -0.25) is 9.10 Å². The van der Waals surface area contributed by atoms with Crippen LogP contribution in [0.2, 0.25) is 0 Å². The molecule has 8 heteroatoms. The van der Waals surface area contributed by atoms with Crippen LogP contribution in [0.1, 0.15) is 25.8 Å². The standard InChI is InChI=1S/C21H28N2O5S/c1-6-16(3)22-21(24)14-23(17-8-10-18(27-4)11-9-17)29(25,26)20-13-15(2)7-12-19(20)28-5/h7-13,16H,6,14H2,1-5H3,(H,22,24)/t16-/m0/s1. The molecule has 0 saturated carbocycles. The molecule has 0 aliphatic heterocycles. The SMILES string of the molecule is CC[C@H](C)NC(=O)CN(c1ccc(OC)cc1)S(=O)(=O)c1cc(C)ccc1OC. The first-order chi connectivity index (χ1) is 13.7. The molecule has 0 aliphatic carbocycles. The maximum Gasteiger partial charge on any atom is 0.268 e. The summed E-state index contributed by atoms with van der Waals surface area (Å²) in [6, 6.07) is 11.4. The minimum atomic E-state index is -4.07. The third-order valence-corrected chi connectivity index (χ3v) is 6.35. The monoisotopic (exact) mass is 420 g/mol. The van der Waals surface area contributed by atoms with Gasteiger partial charge in [0.1, 0.15) is 22.9 Å². The van der Waals surface area contributed by atoms with Crippen molar-refractivity contribution in [2.75, 3.05) is 25.1 Å². The average Bonchev–Trinajstić information content (AvgIpc) is 2.71. The fraction of sp³-hybridized carbons (Fsp3) is 0.381. The zero-order valence-corrected chi connectivity index (χ0v) is 18.2. The lowest BCUT2D eigenvalue weighted by Crippen LogP contribution is -2.43. The molecule has 0 spiro atoms. The van der Waals surface area contributed by atoms with Gasteiger partial charge in [-0.15, -0.1) is 0 Å². The molecule has 158 valence electrons. The molecule has 2 rings (SSSR count). The molecule has 0 aliphatic rings. The molecule has 0 heterocycles. The van der Waals surface area contributed by atoms with Gasteiger partial charge in [0, 0.05) is 6.04 Å². The number of hydrogen-bond donors (Lipinski definition) is 1. The lowest BCUT2D eigenvalue weighted by Gasteiger charge is -2.26. The Hall–Kier alpha value is -2.74. The molecule has 0 unspecified atom stereocenters. The molecule has 0 radical (unpaired) electrons. The smallest absolute Gasteiger partial charge is 0.268 e. The molecular formula is C21H28N2O5S. The molecule has 0 fully saturated rings. The van der Waals surface area contributed by atoms with Crippen molar-refractivity contribution in [1.82, 2.24) is 5.32 Å². The fourth-order valence-corrected chi connectivity index (χ4v) is 4.39. The van der Waals surface area contributed by atoms with Gasteiger partial charge in [-0.1, -0.05) is 13.0 Å². The Morgan fingerprint density at radius 3 is 2.31 bits per heavy atom. The Morgan fingerprint density at radius 2 is 1.76 bits per heavy atom. The second-order valence-electron chi connectivity index (χ2n) is 6.74. The maximum atomic E-state index is 13.5. The summed E-state index contributed by atoms with van der Waals surface area (Å²) >= 11 is 0. The molecule has 0 aromatic heterocycles. The van der Waals surface area contributed by atoms with E-state index in [2.05, 4.69) is 5.32 Å². The lowest BCUT2D eigenvalue weighted by atomic mass is 10.2. The number of methoxy groups -OCH3 is 2. The highest BCUT2D eigenvalue weighted by atomic mass is 32.2. The van der Waals surface area contributed by atoms with Crippen molar-refractivity contribution in [3.8, 4) is 11.5 Å². The van der Waals surface area contributed by atoms with Crippen LogP contribution in [0.25, 0.3) is 0 Å². The molecule has 2 aromatic rings. The number of amides is 1. The summed E-state index contributed by atoms with van der Waals surface area (Å²) in [5, 5.41) is 2.81. The summed E-state index contributed by atoms with van der Waals surface area (Å²) in [7, 11) is -1.13. The number of ether oxygens (including phenoxy) is 2. The normalized spacial score (nSPS) is 12.2. The zero-order chi connectivity index (χ0) is 21.6. The van der Waals surface area contributed by atoms with Crippen LogP contribution in [0.5, 0.6) is 11.5 Å². The number of nitrogens with zero attached hydrogens (tertiary/aromatic N) is 1. The molecule has 2 aromatic carbocycles. The predicted molar refractivity (Wildman–Crippen MR) is 113 cm³/mol. The largest absolute Gasteiger partial charge is 0.497 e. The van der Waals surface area contributed by atoms with Gasteiger partial charge in [0.25, 0.3) is 10.0 Å². The second kappa shape index (κ2) is 9.65. The third kappa shape index (κ3) is 5.41. The Labute approximate surface area is 172 Å². The molecule has 29 heavy (non-hydrogen) atoms. The van der Waals surface area contributed by atoms with E-state index >= 15 is 0 Å². The van der Waals surface area contributed by atoms with E-state index in [0.717, 1.165) is 16.3 Å². The number of carbonyl (C=O) groups excluding carboxylic acids is 1. The van der Waals surface area contributed by atoms with E-state index < -0.39 is 10.0 Å². The maximum absolute atomic E-state index is 13.5. The molecule has 0 saturated heterocycles. The second-order valence-corrected chi connectivity index (χ2v) is 8.57. The summed E-state index contributed by atoms with van der Waals surface area (Å²) in [6.07, 6.45) is 0.743. The Kier molecular flexibility index (Phi) is 7.50. The van der Waals surface area contributed by atoms with Crippen LogP contribution in [0, 0.1) is 6.92 Å². The van der Waals surface area contributed by atoms with Crippen molar-refractivity contribution < 1.29 is 22.7 Å². The van der Waals surface area contributed by atoms with E-state index in [9.17, 15) is 13.2 Å². The van der Waals surface area contributed by atoms with Gasteiger partial charge < -0.3 is 14.8 Å². The van der Waals surface area contributed by atoms with Crippen molar-refractivity contribution in [2.45, 2.75) is 38.1 Å². The highest BCUT2D eigenvalue weighted by Crippen LogP contribution is 2.31. The Bertz CT molecular complexity index is 942. The van der Waals surface area contributed by atoms with Crippen LogP contribution in [-0.2, 0) is 14.8 Å². The molecule has 0 bridgehead atoms. The summed E-state index contributed by atoms with van der Waals surface area (Å²) in [4.78, 5) is 12.6. The van der Waals surface area contributed by atoms with Gasteiger partial charge in [0.05, 0.1) is 19.9 Å². The number of rotatable bonds is 9. The van der Waals surface area contributed by atoms with E-state index in [0.29, 0.717) is 11.4 Å². The van der Waals surface area contributed by atoms with Gasteiger partial charge in [-0.25, -0.2) is 8.42 Å². The number of carbonyl (C=O) groups is 1. The van der Waals surface area contributed by atoms with Gasteiger partial charge in [0.15, 0.2) is 0 Å². The minimum Gasteiger partial charge on any atom is -0.497 e. The van der Waals surface area contributed by atoms with Crippen LogP contribution in [0.3, 0.4) is 0 Å². The van der Waals surface area contributed by atoms with Gasteiger partial charge in [0.2, 0.25) is 5.91 Å². The Balaban J connectivity index is 2.53. The zero-order valence-electron chi connectivity index (χ0n) is 17.4. The van der Waals surface area contributed by atoms with Crippen molar-refractivity contribution >= 4 is 21.6 Å². The van der Waals surface area contributed by atoms with Gasteiger partial charge in [-0.05, 0) is 62.2 Å². The summed E-state index contributed by atoms with van der Waals surface area (Å²) < 4.78 is 38.6. The number of sulfonamides is 1. The van der Waals surface area contributed by atoms with Crippen molar-refractivity contribution in [1.29, 1.82) is 0 Å². The predicted octanol–water partition coefficient (Wildman–Crippen LogP) is 3.12. The molecule has 1 amide bonds. The third-order valence-electron chi connectivity index (χ3n) is 4.55. The summed E-state index contributed by atoms with van der Waals surface area (Å²) in [6.45, 7) is 5.26. The van der Waals surface area contributed by atoms with Crippen LogP contribution in [0.4, 0.5) is 5.69 Å². The number of aryl methyl sites for hydroxylation is 1. The van der Waals surface area contributed by atoms with E-state index in [1.165, 1.54) is 20.3 Å². The summed E-state index contributed by atoms with van der Waals surface area (Å²) in [5.74, 6) is 0.421. The first kappa shape index (κ1) is 22.5. The van der Waals surface area contributed by atoms with Crippen molar-refractivity contribution in [3.05, 3.63) is 48.0 Å². The lowest BCUT2D eigenvalue weighted by molar-refractivity contribution is -0.120. The highest BCUT2D eigenvalue weighted by Gasteiger charge is 2.30. The number of benzene rings is 2. The first-order valence-corrected chi connectivity index (χ1v) is 10.8. The highest BCUT2D eigenvalue weighted by molar-refractivity contribution is 7.93. The molecule has 7 nitrogen and oxygen atoms in total. The average molecular weight is 421 g/mol. The minimum absolute atomic E-state index is 0.00663. The topological polar surface area (TPSA) is 84.9 Å². The van der Waals surface area contributed by atoms with E-state index in [-0.39, 0.29) is 29.1 Å². The number of hydrogen-bond acceptors (Lipinski definition) is 5. The van der Waals surface area contributed by atoms with E-state index in [1.807, 2.05) is 13.8 Å². The van der Waals surface area contributed by atoms with Crippen molar-refractivity contribution in [3.63, 3.8) is 0 Å². The quantitative estimate of drug-likeness (QED) is 0.674. The fourth-order valence-electron chi connectivity index (χ4n) is 2.72. The first-order valence-electron chi connectivity index (χ1n) is 9.33. The van der Waals surface area contributed by atoms with Gasteiger partial charge >= 0.3 is 0 Å². The number of nitrogens with one attached hydrogen (secondary N) is 1. The molecule has 1 atom stereocenters. The van der Waals surface area contributed by atoms with E-state index in [4.69, 9.17) is 9.47 Å². The summed E-state index contributed by atoms with van der Waals surface area (Å²) in [5.41, 5.74) is 1.12. The molecule has 1 N–H and O–H groups in total. The van der Waals surface area contributed by atoms with Crippen LogP contribution < -0.4 is 19.1 Å². The van der Waals surface area contributed by atoms with Crippen LogP contribution in [0.15, 0.2) is 47.4 Å². The van der Waals surface area contributed by atoms with Crippen LogP contribution >= 0.6 is 0 Å². The van der Waals surface area contributed by atoms with Crippen molar-refractivity contribution in [2.24, 2.45) is 0 Å². The van der Waals surface area contributed by atoms with Crippen LogP contribution in [-0.4, -0.2) is 41.1 Å². The Morgan fingerprint density at radius 1 is 1.10 bits per heavy atom. The van der Waals surface area contributed by atoms with E-state index in [1.54, 1.807) is 43.3 Å². The van der Waals surface area contributed by atoms with Gasteiger partial charge in [-0.2, -0.15) is 0 Å². The number of anilines is 1.